The maximum atomic E-state index is 11.2. The summed E-state index contributed by atoms with van der Waals surface area (Å²) in [7, 11) is 0. The van der Waals surface area contributed by atoms with Gasteiger partial charge in [-0.3, -0.25) is 15.0 Å². The molecule has 0 radical (unpaired) electrons. The average Bonchev–Trinajstić information content (AvgIpc) is 3.05. The molecule has 1 aliphatic rings. The third-order valence-electron chi connectivity index (χ3n) is 4.78. The van der Waals surface area contributed by atoms with Gasteiger partial charge in [-0.15, -0.1) is 11.3 Å². The number of nitro benzene ring substituents is 1. The lowest BCUT2D eigenvalue weighted by Crippen LogP contribution is -2.35. The minimum Gasteiger partial charge on any atom is -0.392 e. The van der Waals surface area contributed by atoms with Gasteiger partial charge in [0.2, 0.25) is 0 Å². The number of hydrogen-bond donors (Lipinski definition) is 2. The molecule has 1 saturated heterocycles. The number of likely N-dealkylation sites (tertiary alicyclic amines) is 1. The van der Waals surface area contributed by atoms with E-state index in [1.807, 2.05) is 6.92 Å². The number of anilines is 1. The number of nitrogens with zero attached hydrogens (tertiary/aromatic N) is 3. The Bertz CT molecular complexity index is 757. The summed E-state index contributed by atoms with van der Waals surface area (Å²) in [6.07, 6.45) is 2.12. The second-order valence-corrected chi connectivity index (χ2v) is 7.79. The molecule has 2 heterocycles. The first-order chi connectivity index (χ1) is 12.5. The van der Waals surface area contributed by atoms with Gasteiger partial charge in [0.05, 0.1) is 22.2 Å². The average molecular weight is 376 g/mol. The minimum atomic E-state index is -0.387. The molecule has 1 fully saturated rings. The summed E-state index contributed by atoms with van der Waals surface area (Å²) >= 11 is 1.69. The zero-order valence-corrected chi connectivity index (χ0v) is 15.7. The molecule has 2 N–H and O–H groups in total. The molecule has 2 aromatic rings. The standard InChI is InChI=1S/C18H24N4O3S/c1-13-20-16(12-26-13)10-21-6-4-14(5-7-21)9-19-17-8-15(11-23)2-3-18(17)22(24)25/h2-3,8,12,14,19,23H,4-7,9-11H2,1H3. The van der Waals surface area contributed by atoms with Crippen molar-refractivity contribution in [1.29, 1.82) is 0 Å². The van der Waals surface area contributed by atoms with Gasteiger partial charge in [0.1, 0.15) is 5.69 Å². The van der Waals surface area contributed by atoms with Crippen LogP contribution in [-0.4, -0.2) is 39.5 Å². The van der Waals surface area contributed by atoms with E-state index in [0.29, 0.717) is 23.7 Å². The van der Waals surface area contributed by atoms with Crippen molar-refractivity contribution in [3.05, 3.63) is 50.0 Å². The van der Waals surface area contributed by atoms with Crippen molar-refractivity contribution in [2.45, 2.75) is 32.9 Å². The summed E-state index contributed by atoms with van der Waals surface area (Å²) in [5.74, 6) is 0.487. The molecule has 0 amide bonds. The molecule has 1 aromatic carbocycles. The Morgan fingerprint density at radius 3 is 2.81 bits per heavy atom. The summed E-state index contributed by atoms with van der Waals surface area (Å²) < 4.78 is 0. The van der Waals surface area contributed by atoms with E-state index in [2.05, 4.69) is 20.6 Å². The van der Waals surface area contributed by atoms with Gasteiger partial charge in [0, 0.05) is 24.5 Å². The number of aromatic nitrogens is 1. The zero-order chi connectivity index (χ0) is 18.5. The lowest BCUT2D eigenvalue weighted by atomic mass is 9.96. The van der Waals surface area contributed by atoms with Crippen LogP contribution in [0.1, 0.15) is 29.1 Å². The summed E-state index contributed by atoms with van der Waals surface area (Å²) in [6.45, 7) is 5.54. The lowest BCUT2D eigenvalue weighted by Gasteiger charge is -2.31. The van der Waals surface area contributed by atoms with Gasteiger partial charge < -0.3 is 10.4 Å². The number of benzene rings is 1. The molecule has 8 heteroatoms. The van der Waals surface area contributed by atoms with Crippen LogP contribution in [0.25, 0.3) is 0 Å². The quantitative estimate of drug-likeness (QED) is 0.570. The first-order valence-electron chi connectivity index (χ1n) is 8.80. The van der Waals surface area contributed by atoms with Crippen molar-refractivity contribution >= 4 is 22.7 Å². The zero-order valence-electron chi connectivity index (χ0n) is 14.9. The highest BCUT2D eigenvalue weighted by Gasteiger charge is 2.21. The number of nitro groups is 1. The van der Waals surface area contributed by atoms with Gasteiger partial charge in [-0.25, -0.2) is 4.98 Å². The van der Waals surface area contributed by atoms with Crippen molar-refractivity contribution in [2.24, 2.45) is 5.92 Å². The summed E-state index contributed by atoms with van der Waals surface area (Å²) in [5.41, 5.74) is 2.35. The predicted octanol–water partition coefficient (Wildman–Crippen LogP) is 3.18. The molecular weight excluding hydrogens is 352 g/mol. The second-order valence-electron chi connectivity index (χ2n) is 6.73. The van der Waals surface area contributed by atoms with E-state index in [1.165, 1.54) is 6.07 Å². The van der Waals surface area contributed by atoms with Crippen LogP contribution in [0, 0.1) is 23.0 Å². The topological polar surface area (TPSA) is 91.5 Å². The van der Waals surface area contributed by atoms with Crippen LogP contribution in [0.2, 0.25) is 0 Å². The fourth-order valence-electron chi connectivity index (χ4n) is 3.30. The van der Waals surface area contributed by atoms with E-state index < -0.39 is 0 Å². The van der Waals surface area contributed by atoms with Crippen LogP contribution in [0.15, 0.2) is 23.6 Å². The second kappa shape index (κ2) is 8.57. The third-order valence-corrected chi connectivity index (χ3v) is 5.60. The summed E-state index contributed by atoms with van der Waals surface area (Å²) in [6, 6.07) is 4.70. The third kappa shape index (κ3) is 4.78. The van der Waals surface area contributed by atoms with Gasteiger partial charge in [0.25, 0.3) is 5.69 Å². The number of thiazole rings is 1. The van der Waals surface area contributed by atoms with E-state index in [4.69, 9.17) is 0 Å². The van der Waals surface area contributed by atoms with Crippen LogP contribution in [0.4, 0.5) is 11.4 Å². The van der Waals surface area contributed by atoms with E-state index >= 15 is 0 Å². The maximum absolute atomic E-state index is 11.2. The highest BCUT2D eigenvalue weighted by molar-refractivity contribution is 7.09. The number of nitrogens with one attached hydrogen (secondary N) is 1. The van der Waals surface area contributed by atoms with E-state index in [9.17, 15) is 15.2 Å². The van der Waals surface area contributed by atoms with Crippen molar-refractivity contribution in [3.63, 3.8) is 0 Å². The molecule has 0 bridgehead atoms. The van der Waals surface area contributed by atoms with E-state index in [0.717, 1.165) is 43.2 Å². The molecular formula is C18H24N4O3S. The predicted molar refractivity (Wildman–Crippen MR) is 102 cm³/mol. The SMILES string of the molecule is Cc1nc(CN2CCC(CNc3cc(CO)ccc3[N+](=O)[O-])CC2)cs1. The first-order valence-corrected chi connectivity index (χ1v) is 9.68. The summed E-state index contributed by atoms with van der Waals surface area (Å²) in [5, 5.41) is 26.9. The van der Waals surface area contributed by atoms with E-state index in [-0.39, 0.29) is 17.2 Å². The van der Waals surface area contributed by atoms with Crippen molar-refractivity contribution in [1.82, 2.24) is 9.88 Å². The number of aryl methyl sites for hydroxylation is 1. The smallest absolute Gasteiger partial charge is 0.292 e. The first kappa shape index (κ1) is 18.8. The van der Waals surface area contributed by atoms with Crippen LogP contribution < -0.4 is 5.32 Å². The summed E-state index contributed by atoms with van der Waals surface area (Å²) in [4.78, 5) is 17.7. The van der Waals surface area contributed by atoms with Crippen LogP contribution >= 0.6 is 11.3 Å². The fourth-order valence-corrected chi connectivity index (χ4v) is 3.90. The fraction of sp³-hybridized carbons (Fsp3) is 0.500. The number of piperidine rings is 1. The lowest BCUT2D eigenvalue weighted by molar-refractivity contribution is -0.384. The number of aliphatic hydroxyl groups is 1. The van der Waals surface area contributed by atoms with Crippen molar-refractivity contribution < 1.29 is 10.0 Å². The van der Waals surface area contributed by atoms with E-state index in [1.54, 1.807) is 23.5 Å². The Labute approximate surface area is 156 Å². The van der Waals surface area contributed by atoms with Gasteiger partial charge >= 0.3 is 0 Å². The normalized spacial score (nSPS) is 15.9. The molecule has 1 aliphatic heterocycles. The Balaban J connectivity index is 1.51. The highest BCUT2D eigenvalue weighted by Crippen LogP contribution is 2.27. The molecule has 0 aliphatic carbocycles. The van der Waals surface area contributed by atoms with Crippen molar-refractivity contribution in [3.8, 4) is 0 Å². The number of rotatable bonds is 7. The van der Waals surface area contributed by atoms with Gasteiger partial charge in [0.15, 0.2) is 0 Å². The van der Waals surface area contributed by atoms with Gasteiger partial charge in [-0.2, -0.15) is 0 Å². The molecule has 7 nitrogen and oxygen atoms in total. The highest BCUT2D eigenvalue weighted by atomic mass is 32.1. The Morgan fingerprint density at radius 1 is 1.42 bits per heavy atom. The molecule has 26 heavy (non-hydrogen) atoms. The van der Waals surface area contributed by atoms with Crippen LogP contribution in [0.3, 0.4) is 0 Å². The van der Waals surface area contributed by atoms with Gasteiger partial charge in [-0.05, 0) is 56.5 Å². The molecule has 0 atom stereocenters. The molecule has 0 unspecified atom stereocenters. The molecule has 0 spiro atoms. The Kier molecular flexibility index (Phi) is 6.18. The van der Waals surface area contributed by atoms with Gasteiger partial charge in [-0.1, -0.05) is 0 Å². The van der Waals surface area contributed by atoms with Crippen LogP contribution in [-0.2, 0) is 13.2 Å². The monoisotopic (exact) mass is 376 g/mol. The molecule has 1 aromatic heterocycles. The largest absolute Gasteiger partial charge is 0.392 e. The van der Waals surface area contributed by atoms with Crippen LogP contribution in [0.5, 0.6) is 0 Å². The Morgan fingerprint density at radius 2 is 2.19 bits per heavy atom. The minimum absolute atomic E-state index is 0.0542. The molecule has 140 valence electrons. The number of hydrogen-bond acceptors (Lipinski definition) is 7. The maximum Gasteiger partial charge on any atom is 0.292 e. The van der Waals surface area contributed by atoms with Crippen molar-refractivity contribution in [2.75, 3.05) is 25.0 Å². The molecule has 0 saturated carbocycles. The molecule has 3 rings (SSSR count). The Hall–Kier alpha value is -2.03. The number of aliphatic hydroxyl groups excluding tert-OH is 1.